The van der Waals surface area contributed by atoms with Gasteiger partial charge in [-0.2, -0.15) is 0 Å². The first kappa shape index (κ1) is 21.3. The highest BCUT2D eigenvalue weighted by atomic mass is 32.2. The molecular formula is C23H24N2O2S2. The van der Waals surface area contributed by atoms with Crippen molar-refractivity contribution < 1.29 is 9.59 Å². The van der Waals surface area contributed by atoms with Gasteiger partial charge in [0.05, 0.1) is 17.9 Å². The highest BCUT2D eigenvalue weighted by Crippen LogP contribution is 2.24. The van der Waals surface area contributed by atoms with Gasteiger partial charge >= 0.3 is 0 Å². The zero-order chi connectivity index (χ0) is 20.8. The van der Waals surface area contributed by atoms with Crippen molar-refractivity contribution in [2.75, 3.05) is 11.1 Å². The van der Waals surface area contributed by atoms with Crippen LogP contribution in [0.2, 0.25) is 0 Å². The Hall–Kier alpha value is -2.44. The van der Waals surface area contributed by atoms with Gasteiger partial charge in [0.25, 0.3) is 0 Å². The van der Waals surface area contributed by atoms with Crippen LogP contribution in [0.4, 0.5) is 5.69 Å². The summed E-state index contributed by atoms with van der Waals surface area (Å²) in [5.74, 6) is 0.335. The van der Waals surface area contributed by atoms with Gasteiger partial charge < -0.3 is 5.32 Å². The highest BCUT2D eigenvalue weighted by molar-refractivity contribution is 8.01. The van der Waals surface area contributed by atoms with Crippen LogP contribution in [0.3, 0.4) is 0 Å². The van der Waals surface area contributed by atoms with E-state index < -0.39 is 0 Å². The van der Waals surface area contributed by atoms with E-state index in [0.717, 1.165) is 38.8 Å². The zero-order valence-electron chi connectivity index (χ0n) is 16.8. The summed E-state index contributed by atoms with van der Waals surface area (Å²) in [6, 6.07) is 13.7. The molecule has 0 fully saturated rings. The summed E-state index contributed by atoms with van der Waals surface area (Å²) in [5.41, 5.74) is 5.63. The summed E-state index contributed by atoms with van der Waals surface area (Å²) in [4.78, 5) is 29.2. The number of hydrogen-bond acceptors (Lipinski definition) is 5. The standard InChI is InChI=1S/C23H24N2O2S2/c1-4-17-7-9-18(10-8-17)21(26)14-29-23-24-19(13-28-23)12-22(27)25-20-11-15(2)5-6-16(20)3/h5-11,13H,4,12,14H2,1-3H3,(H,25,27). The summed E-state index contributed by atoms with van der Waals surface area (Å²) < 4.78 is 0.804. The molecule has 1 N–H and O–H groups in total. The molecule has 2 aromatic carbocycles. The Balaban J connectivity index is 1.52. The van der Waals surface area contributed by atoms with Gasteiger partial charge in [-0.3, -0.25) is 9.59 Å². The molecule has 0 spiro atoms. The van der Waals surface area contributed by atoms with E-state index in [1.54, 1.807) is 0 Å². The number of nitrogens with zero attached hydrogens (tertiary/aromatic N) is 1. The lowest BCUT2D eigenvalue weighted by atomic mass is 10.1. The smallest absolute Gasteiger partial charge is 0.230 e. The summed E-state index contributed by atoms with van der Waals surface area (Å²) in [6.45, 7) is 6.06. The molecule has 0 atom stereocenters. The van der Waals surface area contributed by atoms with Crippen molar-refractivity contribution >= 4 is 40.5 Å². The van der Waals surface area contributed by atoms with Gasteiger partial charge in [-0.15, -0.1) is 11.3 Å². The van der Waals surface area contributed by atoms with E-state index in [0.29, 0.717) is 5.75 Å². The molecule has 0 aliphatic carbocycles. The third-order valence-electron chi connectivity index (χ3n) is 4.55. The molecule has 3 aromatic rings. The maximum atomic E-state index is 12.4. The fourth-order valence-electron chi connectivity index (χ4n) is 2.80. The molecule has 0 bridgehead atoms. The minimum absolute atomic E-state index is 0.0852. The number of amides is 1. The van der Waals surface area contributed by atoms with Crippen LogP contribution in [0, 0.1) is 13.8 Å². The van der Waals surface area contributed by atoms with Crippen molar-refractivity contribution in [3.63, 3.8) is 0 Å². The molecule has 0 unspecified atom stereocenters. The minimum atomic E-state index is -0.0901. The molecule has 4 nitrogen and oxygen atoms in total. The van der Waals surface area contributed by atoms with E-state index in [-0.39, 0.29) is 18.1 Å². The van der Waals surface area contributed by atoms with Crippen molar-refractivity contribution in [2.24, 2.45) is 0 Å². The SMILES string of the molecule is CCc1ccc(C(=O)CSc2nc(CC(=O)Nc3cc(C)ccc3C)cs2)cc1. The molecule has 150 valence electrons. The number of thiazole rings is 1. The van der Waals surface area contributed by atoms with Gasteiger partial charge in [-0.1, -0.05) is 55.1 Å². The topological polar surface area (TPSA) is 59.1 Å². The normalized spacial score (nSPS) is 10.7. The second-order valence-electron chi connectivity index (χ2n) is 6.91. The third-order valence-corrected chi connectivity index (χ3v) is 6.62. The van der Waals surface area contributed by atoms with E-state index in [1.165, 1.54) is 28.7 Å². The molecule has 1 heterocycles. The number of nitrogens with one attached hydrogen (secondary N) is 1. The van der Waals surface area contributed by atoms with E-state index in [1.807, 2.05) is 61.7 Å². The zero-order valence-corrected chi connectivity index (χ0v) is 18.5. The summed E-state index contributed by atoms with van der Waals surface area (Å²) in [5, 5.41) is 4.84. The largest absolute Gasteiger partial charge is 0.325 e. The third kappa shape index (κ3) is 6.02. The number of aryl methyl sites for hydroxylation is 3. The van der Waals surface area contributed by atoms with Crippen molar-refractivity contribution in [3.05, 3.63) is 75.8 Å². The van der Waals surface area contributed by atoms with Crippen LogP contribution < -0.4 is 5.32 Å². The van der Waals surface area contributed by atoms with Gasteiger partial charge in [0.2, 0.25) is 5.91 Å². The maximum Gasteiger partial charge on any atom is 0.230 e. The molecule has 6 heteroatoms. The number of benzene rings is 2. The number of carbonyl (C=O) groups is 2. The number of hydrogen-bond donors (Lipinski definition) is 1. The molecule has 0 saturated carbocycles. The van der Waals surface area contributed by atoms with Gasteiger partial charge in [-0.05, 0) is 43.0 Å². The van der Waals surface area contributed by atoms with Gasteiger partial charge in [0, 0.05) is 16.6 Å². The van der Waals surface area contributed by atoms with Crippen LogP contribution in [0.15, 0.2) is 52.2 Å². The Morgan fingerprint density at radius 3 is 2.59 bits per heavy atom. The Morgan fingerprint density at radius 1 is 1.10 bits per heavy atom. The van der Waals surface area contributed by atoms with Crippen molar-refractivity contribution in [1.82, 2.24) is 4.98 Å². The van der Waals surface area contributed by atoms with E-state index in [2.05, 4.69) is 17.2 Å². The fraction of sp³-hybridized carbons (Fsp3) is 0.261. The summed E-state index contributed by atoms with van der Waals surface area (Å²) in [7, 11) is 0. The average molecular weight is 425 g/mol. The number of ketones is 1. The average Bonchev–Trinajstić information content (AvgIpc) is 3.16. The lowest BCUT2D eigenvalue weighted by Gasteiger charge is -2.08. The number of Topliss-reactive ketones (excluding diaryl/α,β-unsaturated/α-hetero) is 1. The van der Waals surface area contributed by atoms with Gasteiger partial charge in [0.15, 0.2) is 10.1 Å². The number of carbonyl (C=O) groups excluding carboxylic acids is 2. The Labute approximate surface area is 179 Å². The molecule has 3 rings (SSSR count). The Kier molecular flexibility index (Phi) is 7.23. The van der Waals surface area contributed by atoms with Crippen LogP contribution in [0.1, 0.15) is 39.7 Å². The first-order valence-corrected chi connectivity index (χ1v) is 11.4. The monoisotopic (exact) mass is 424 g/mol. The quantitative estimate of drug-likeness (QED) is 0.384. The Bertz CT molecular complexity index is 1010. The number of thioether (sulfide) groups is 1. The minimum Gasteiger partial charge on any atom is -0.325 e. The fourth-order valence-corrected chi connectivity index (χ4v) is 4.54. The van der Waals surface area contributed by atoms with E-state index in [9.17, 15) is 9.59 Å². The molecule has 29 heavy (non-hydrogen) atoms. The molecule has 0 saturated heterocycles. The van der Waals surface area contributed by atoms with Gasteiger partial charge in [0.1, 0.15) is 0 Å². The molecule has 0 aliphatic heterocycles. The van der Waals surface area contributed by atoms with Crippen LogP contribution >= 0.6 is 23.1 Å². The maximum absolute atomic E-state index is 12.4. The predicted molar refractivity (Wildman–Crippen MR) is 121 cm³/mol. The lowest BCUT2D eigenvalue weighted by molar-refractivity contribution is -0.115. The molecule has 0 radical (unpaired) electrons. The van der Waals surface area contributed by atoms with Crippen molar-refractivity contribution in [1.29, 1.82) is 0 Å². The van der Waals surface area contributed by atoms with Crippen LogP contribution in [0.25, 0.3) is 0 Å². The first-order chi connectivity index (χ1) is 13.9. The summed E-state index contributed by atoms with van der Waals surface area (Å²) >= 11 is 2.88. The van der Waals surface area contributed by atoms with Crippen LogP contribution in [0.5, 0.6) is 0 Å². The highest BCUT2D eigenvalue weighted by Gasteiger charge is 2.12. The second kappa shape index (κ2) is 9.85. The van der Waals surface area contributed by atoms with Crippen molar-refractivity contribution in [3.8, 4) is 0 Å². The molecule has 1 amide bonds. The summed E-state index contributed by atoms with van der Waals surface area (Å²) in [6.07, 6.45) is 1.18. The molecule has 0 aliphatic rings. The first-order valence-electron chi connectivity index (χ1n) is 9.51. The predicted octanol–water partition coefficient (Wildman–Crippen LogP) is 5.48. The van der Waals surface area contributed by atoms with E-state index >= 15 is 0 Å². The van der Waals surface area contributed by atoms with Crippen molar-refractivity contribution in [2.45, 2.75) is 38.0 Å². The lowest BCUT2D eigenvalue weighted by Crippen LogP contribution is -2.15. The van der Waals surface area contributed by atoms with Crippen LogP contribution in [-0.2, 0) is 17.6 Å². The Morgan fingerprint density at radius 2 is 1.86 bits per heavy atom. The van der Waals surface area contributed by atoms with Gasteiger partial charge in [-0.25, -0.2) is 4.98 Å². The number of aromatic nitrogens is 1. The van der Waals surface area contributed by atoms with Crippen LogP contribution in [-0.4, -0.2) is 22.4 Å². The number of anilines is 1. The second-order valence-corrected chi connectivity index (χ2v) is 8.99. The molecular weight excluding hydrogens is 400 g/mol. The van der Waals surface area contributed by atoms with E-state index in [4.69, 9.17) is 0 Å². The number of rotatable bonds is 8. The molecule has 1 aromatic heterocycles.